The smallest absolute Gasteiger partial charge is 0.234 e. The molecule has 0 saturated heterocycles. The maximum atomic E-state index is 12.6. The van der Waals surface area contributed by atoms with E-state index < -0.39 is 9.84 Å². The number of hydrogen-bond donors (Lipinski definition) is 1. The molecular formula is C19H20ClNO3S2. The highest BCUT2D eigenvalue weighted by Gasteiger charge is 2.30. The Morgan fingerprint density at radius 1 is 1.04 bits per heavy atom. The monoisotopic (exact) mass is 409 g/mol. The molecule has 1 saturated carbocycles. The molecule has 1 aliphatic rings. The Morgan fingerprint density at radius 2 is 1.65 bits per heavy atom. The van der Waals surface area contributed by atoms with Crippen LogP contribution in [0.3, 0.4) is 0 Å². The fraction of sp³-hybridized carbons (Fsp3) is 0.316. The van der Waals surface area contributed by atoms with Crippen LogP contribution >= 0.6 is 23.4 Å². The molecule has 1 amide bonds. The van der Waals surface area contributed by atoms with Gasteiger partial charge >= 0.3 is 0 Å². The summed E-state index contributed by atoms with van der Waals surface area (Å²) in [6.07, 6.45) is 3.43. The van der Waals surface area contributed by atoms with Gasteiger partial charge in [0, 0.05) is 15.6 Å². The number of amides is 1. The van der Waals surface area contributed by atoms with E-state index in [0.29, 0.717) is 15.6 Å². The van der Waals surface area contributed by atoms with Crippen LogP contribution < -0.4 is 5.32 Å². The lowest BCUT2D eigenvalue weighted by atomic mass is 10.3. The predicted octanol–water partition coefficient (Wildman–Crippen LogP) is 4.79. The molecule has 2 aromatic carbocycles. The zero-order valence-electron chi connectivity index (χ0n) is 14.2. The normalized spacial score (nSPS) is 15.1. The van der Waals surface area contributed by atoms with Gasteiger partial charge in [0.2, 0.25) is 5.91 Å². The molecule has 0 aromatic heterocycles. The van der Waals surface area contributed by atoms with E-state index in [1.165, 1.54) is 11.8 Å². The van der Waals surface area contributed by atoms with Crippen LogP contribution in [0.5, 0.6) is 0 Å². The first kappa shape index (κ1) is 19.3. The molecule has 0 spiro atoms. The number of halogens is 1. The number of rotatable bonds is 6. The Kier molecular flexibility index (Phi) is 6.27. The van der Waals surface area contributed by atoms with E-state index in [2.05, 4.69) is 5.32 Å². The van der Waals surface area contributed by atoms with Crippen molar-refractivity contribution in [1.29, 1.82) is 0 Å². The molecule has 0 radical (unpaired) electrons. The Bertz CT molecular complexity index is 859. The van der Waals surface area contributed by atoms with Gasteiger partial charge in [-0.2, -0.15) is 0 Å². The average molecular weight is 410 g/mol. The number of hydrogen-bond acceptors (Lipinski definition) is 4. The molecule has 1 fully saturated rings. The number of nitrogens with one attached hydrogen (secondary N) is 1. The summed E-state index contributed by atoms with van der Waals surface area (Å²) in [4.78, 5) is 13.4. The molecule has 4 nitrogen and oxygen atoms in total. The molecule has 0 heterocycles. The van der Waals surface area contributed by atoms with Crippen molar-refractivity contribution in [2.45, 2.75) is 40.7 Å². The minimum Gasteiger partial charge on any atom is -0.325 e. The summed E-state index contributed by atoms with van der Waals surface area (Å²) >= 11 is 7.25. The summed E-state index contributed by atoms with van der Waals surface area (Å²) in [5.74, 6) is 0.125. The zero-order valence-corrected chi connectivity index (χ0v) is 16.5. The number of benzene rings is 2. The van der Waals surface area contributed by atoms with Gasteiger partial charge in [0.05, 0.1) is 15.9 Å². The van der Waals surface area contributed by atoms with Crippen LogP contribution in [0, 0.1) is 0 Å². The fourth-order valence-corrected chi connectivity index (χ4v) is 5.67. The molecule has 0 atom stereocenters. The van der Waals surface area contributed by atoms with Gasteiger partial charge in [0.1, 0.15) is 0 Å². The van der Waals surface area contributed by atoms with Crippen LogP contribution in [0.4, 0.5) is 5.69 Å². The van der Waals surface area contributed by atoms with Crippen LogP contribution in [-0.2, 0) is 14.6 Å². The molecule has 0 unspecified atom stereocenters. The van der Waals surface area contributed by atoms with E-state index in [9.17, 15) is 13.2 Å². The number of thioether (sulfide) groups is 1. The first-order chi connectivity index (χ1) is 12.4. The van der Waals surface area contributed by atoms with Crippen molar-refractivity contribution in [3.05, 3.63) is 53.6 Å². The lowest BCUT2D eigenvalue weighted by Gasteiger charge is -2.12. The van der Waals surface area contributed by atoms with Crippen LogP contribution in [0.2, 0.25) is 5.02 Å². The van der Waals surface area contributed by atoms with Crippen molar-refractivity contribution < 1.29 is 13.2 Å². The molecule has 138 valence electrons. The average Bonchev–Trinajstić information content (AvgIpc) is 3.17. The summed E-state index contributed by atoms with van der Waals surface area (Å²) in [5, 5.41) is 3.18. The summed E-state index contributed by atoms with van der Waals surface area (Å²) < 4.78 is 25.1. The third-order valence-corrected chi connectivity index (χ3v) is 7.93. The Balaban J connectivity index is 1.56. The number of carbonyl (C=O) groups is 1. The number of sulfone groups is 1. The molecule has 3 rings (SSSR count). The van der Waals surface area contributed by atoms with E-state index in [-0.39, 0.29) is 16.9 Å². The molecule has 0 aliphatic heterocycles. The molecule has 1 N–H and O–H groups in total. The van der Waals surface area contributed by atoms with Crippen molar-refractivity contribution in [3.63, 3.8) is 0 Å². The second-order valence-corrected chi connectivity index (χ2v) is 9.98. The minimum atomic E-state index is -3.26. The molecule has 7 heteroatoms. The second kappa shape index (κ2) is 8.46. The molecule has 2 aromatic rings. The second-order valence-electron chi connectivity index (χ2n) is 6.27. The van der Waals surface area contributed by atoms with Gasteiger partial charge in [-0.25, -0.2) is 8.42 Å². The number of anilines is 1. The number of carbonyl (C=O) groups excluding carboxylic acids is 1. The maximum Gasteiger partial charge on any atom is 0.234 e. The Hall–Kier alpha value is -1.50. The standard InChI is InChI=1S/C19H20ClNO3S2/c20-14-5-9-16(10-6-14)25-13-19(22)21-15-7-11-18(12-8-15)26(23,24)17-3-1-2-4-17/h5-12,17H,1-4,13H2,(H,21,22). The topological polar surface area (TPSA) is 63.2 Å². The summed E-state index contributed by atoms with van der Waals surface area (Å²) in [6, 6.07) is 13.7. The van der Waals surface area contributed by atoms with E-state index in [1.54, 1.807) is 36.4 Å². The van der Waals surface area contributed by atoms with Gasteiger partial charge < -0.3 is 5.32 Å². The van der Waals surface area contributed by atoms with Gasteiger partial charge in [-0.05, 0) is 61.4 Å². The van der Waals surface area contributed by atoms with Crippen LogP contribution in [0.25, 0.3) is 0 Å². The van der Waals surface area contributed by atoms with Crippen molar-refractivity contribution in [3.8, 4) is 0 Å². The largest absolute Gasteiger partial charge is 0.325 e. The van der Waals surface area contributed by atoms with Crippen molar-refractivity contribution in [2.75, 3.05) is 11.1 Å². The van der Waals surface area contributed by atoms with Gasteiger partial charge in [0.15, 0.2) is 9.84 Å². The molecule has 1 aliphatic carbocycles. The summed E-state index contributed by atoms with van der Waals surface area (Å²) in [5.41, 5.74) is 0.595. The zero-order chi connectivity index (χ0) is 18.6. The van der Waals surface area contributed by atoms with Crippen molar-refractivity contribution in [2.24, 2.45) is 0 Å². The Morgan fingerprint density at radius 3 is 2.27 bits per heavy atom. The molecule has 26 heavy (non-hydrogen) atoms. The van der Waals surface area contributed by atoms with E-state index >= 15 is 0 Å². The quantitative estimate of drug-likeness (QED) is 0.697. The third kappa shape index (κ3) is 4.81. The van der Waals surface area contributed by atoms with Gasteiger partial charge in [-0.3, -0.25) is 4.79 Å². The lowest BCUT2D eigenvalue weighted by Crippen LogP contribution is -2.18. The summed E-state index contributed by atoms with van der Waals surface area (Å²) in [7, 11) is -3.26. The van der Waals surface area contributed by atoms with E-state index in [0.717, 1.165) is 30.6 Å². The highest BCUT2D eigenvalue weighted by atomic mass is 35.5. The van der Waals surface area contributed by atoms with E-state index in [4.69, 9.17) is 11.6 Å². The van der Waals surface area contributed by atoms with Gasteiger partial charge in [-0.1, -0.05) is 24.4 Å². The van der Waals surface area contributed by atoms with Crippen LogP contribution in [0.1, 0.15) is 25.7 Å². The van der Waals surface area contributed by atoms with Crippen molar-refractivity contribution in [1.82, 2.24) is 0 Å². The summed E-state index contributed by atoms with van der Waals surface area (Å²) in [6.45, 7) is 0. The van der Waals surface area contributed by atoms with Crippen LogP contribution in [0.15, 0.2) is 58.3 Å². The maximum absolute atomic E-state index is 12.6. The van der Waals surface area contributed by atoms with Crippen LogP contribution in [-0.4, -0.2) is 25.3 Å². The van der Waals surface area contributed by atoms with Crippen molar-refractivity contribution >= 4 is 44.8 Å². The SMILES string of the molecule is O=C(CSc1ccc(Cl)cc1)Nc1ccc(S(=O)(=O)C2CCCC2)cc1. The Labute approximate surface area is 163 Å². The van der Waals surface area contributed by atoms with Gasteiger partial charge in [0.25, 0.3) is 0 Å². The molecule has 0 bridgehead atoms. The first-order valence-corrected chi connectivity index (χ1v) is 11.4. The molecular weight excluding hydrogens is 390 g/mol. The van der Waals surface area contributed by atoms with E-state index in [1.807, 2.05) is 12.1 Å². The minimum absolute atomic E-state index is 0.142. The lowest BCUT2D eigenvalue weighted by molar-refractivity contribution is -0.113. The van der Waals surface area contributed by atoms with Gasteiger partial charge in [-0.15, -0.1) is 11.8 Å². The predicted molar refractivity (Wildman–Crippen MR) is 107 cm³/mol. The highest BCUT2D eigenvalue weighted by molar-refractivity contribution is 8.00. The first-order valence-electron chi connectivity index (χ1n) is 8.47. The fourth-order valence-electron chi connectivity index (χ4n) is 3.00. The highest BCUT2D eigenvalue weighted by Crippen LogP contribution is 2.30. The third-order valence-electron chi connectivity index (χ3n) is 4.39.